The zero-order valence-electron chi connectivity index (χ0n) is 14.4. The number of hydrogen-bond donors (Lipinski definition) is 2. The molecule has 1 atom stereocenters. The molecule has 1 unspecified atom stereocenters. The van der Waals surface area contributed by atoms with E-state index in [2.05, 4.69) is 20.5 Å². The highest BCUT2D eigenvalue weighted by Gasteiger charge is 2.21. The maximum atomic E-state index is 12.4. The van der Waals surface area contributed by atoms with Crippen molar-refractivity contribution in [1.29, 1.82) is 0 Å². The number of hydrogen-bond acceptors (Lipinski definition) is 6. The lowest BCUT2D eigenvalue weighted by atomic mass is 10.1. The van der Waals surface area contributed by atoms with Crippen molar-refractivity contribution in [2.45, 2.75) is 17.0 Å². The Labute approximate surface area is 160 Å². The van der Waals surface area contributed by atoms with Gasteiger partial charge in [-0.3, -0.25) is 9.89 Å². The molecule has 8 heteroatoms. The molecule has 0 saturated carbocycles. The molecule has 138 valence electrons. The van der Waals surface area contributed by atoms with E-state index in [1.165, 1.54) is 6.33 Å². The minimum absolute atomic E-state index is 0.133. The second-order valence-corrected chi connectivity index (χ2v) is 6.95. The SMILES string of the molecule is O=C(NCC1COc2ccccc2O1)c1ccc(CSc2ncn[nH]2)cc1. The van der Waals surface area contributed by atoms with Crippen molar-refractivity contribution in [1.82, 2.24) is 20.5 Å². The Bertz CT molecular complexity index is 900. The molecule has 27 heavy (non-hydrogen) atoms. The Kier molecular flexibility index (Phi) is 5.24. The first kappa shape index (κ1) is 17.4. The molecule has 1 amide bonds. The normalized spacial score (nSPS) is 15.3. The summed E-state index contributed by atoms with van der Waals surface area (Å²) in [5, 5.41) is 10.3. The van der Waals surface area contributed by atoms with Crippen LogP contribution in [-0.4, -0.2) is 40.3 Å². The number of carbonyl (C=O) groups excluding carboxylic acids is 1. The van der Waals surface area contributed by atoms with Gasteiger partial charge in [-0.1, -0.05) is 36.0 Å². The van der Waals surface area contributed by atoms with Gasteiger partial charge in [0.25, 0.3) is 5.91 Å². The van der Waals surface area contributed by atoms with Gasteiger partial charge >= 0.3 is 0 Å². The molecular formula is C19H18N4O3S. The summed E-state index contributed by atoms with van der Waals surface area (Å²) in [6.07, 6.45) is 1.27. The van der Waals surface area contributed by atoms with E-state index in [0.29, 0.717) is 24.5 Å². The number of rotatable bonds is 6. The number of carbonyl (C=O) groups is 1. The fraction of sp³-hybridized carbons (Fsp3) is 0.211. The smallest absolute Gasteiger partial charge is 0.251 e. The summed E-state index contributed by atoms with van der Waals surface area (Å²) < 4.78 is 11.5. The van der Waals surface area contributed by atoms with Crippen molar-refractivity contribution in [3.8, 4) is 11.5 Å². The van der Waals surface area contributed by atoms with E-state index < -0.39 is 0 Å². The maximum Gasteiger partial charge on any atom is 0.251 e. The summed E-state index contributed by atoms with van der Waals surface area (Å²) in [6.45, 7) is 0.797. The Morgan fingerprint density at radius 2 is 2.00 bits per heavy atom. The van der Waals surface area contributed by atoms with Crippen LogP contribution in [0.3, 0.4) is 0 Å². The largest absolute Gasteiger partial charge is 0.486 e. The number of benzene rings is 2. The first-order chi connectivity index (χ1) is 13.3. The molecule has 2 aromatic carbocycles. The van der Waals surface area contributed by atoms with Crippen molar-refractivity contribution in [3.63, 3.8) is 0 Å². The number of H-pyrrole nitrogens is 1. The van der Waals surface area contributed by atoms with Gasteiger partial charge in [0.15, 0.2) is 16.7 Å². The Morgan fingerprint density at radius 3 is 2.78 bits per heavy atom. The van der Waals surface area contributed by atoms with E-state index in [9.17, 15) is 4.79 Å². The Balaban J connectivity index is 1.27. The lowest BCUT2D eigenvalue weighted by Gasteiger charge is -2.26. The van der Waals surface area contributed by atoms with Crippen LogP contribution in [-0.2, 0) is 5.75 Å². The fourth-order valence-electron chi connectivity index (χ4n) is 2.64. The molecular weight excluding hydrogens is 364 g/mol. The third kappa shape index (κ3) is 4.40. The number of thioether (sulfide) groups is 1. The van der Waals surface area contributed by atoms with E-state index in [4.69, 9.17) is 9.47 Å². The van der Waals surface area contributed by atoms with Crippen LogP contribution < -0.4 is 14.8 Å². The molecule has 0 bridgehead atoms. The third-order valence-electron chi connectivity index (χ3n) is 4.04. The highest BCUT2D eigenvalue weighted by Crippen LogP contribution is 2.30. The van der Waals surface area contributed by atoms with Crippen LogP contribution in [0.4, 0.5) is 0 Å². The quantitative estimate of drug-likeness (QED) is 0.637. The number of fused-ring (bicyclic) bond motifs is 1. The Morgan fingerprint density at radius 1 is 1.19 bits per heavy atom. The topological polar surface area (TPSA) is 89.1 Å². The molecule has 2 N–H and O–H groups in total. The molecule has 0 saturated heterocycles. The number of nitrogens with one attached hydrogen (secondary N) is 2. The standard InChI is InChI=1S/C19H18N4O3S/c24-18(20-9-15-10-25-16-3-1-2-4-17(16)26-15)14-7-5-13(6-8-14)11-27-19-21-12-22-23-19/h1-8,12,15H,9-11H2,(H,20,24)(H,21,22,23). The van der Waals surface area contributed by atoms with Crippen LogP contribution in [0.15, 0.2) is 60.0 Å². The van der Waals surface area contributed by atoms with Gasteiger partial charge in [0.1, 0.15) is 19.0 Å². The van der Waals surface area contributed by atoms with E-state index in [1.54, 1.807) is 11.8 Å². The third-order valence-corrected chi connectivity index (χ3v) is 4.99. The summed E-state index contributed by atoms with van der Waals surface area (Å²) in [4.78, 5) is 16.4. The molecule has 0 radical (unpaired) electrons. The number of ether oxygens (including phenoxy) is 2. The summed E-state index contributed by atoms with van der Waals surface area (Å²) in [5.74, 6) is 2.06. The summed E-state index contributed by atoms with van der Waals surface area (Å²) >= 11 is 1.56. The molecule has 0 spiro atoms. The van der Waals surface area contributed by atoms with Gasteiger partial charge in [0, 0.05) is 11.3 Å². The van der Waals surface area contributed by atoms with E-state index in [1.807, 2.05) is 48.5 Å². The van der Waals surface area contributed by atoms with E-state index in [0.717, 1.165) is 22.2 Å². The molecule has 7 nitrogen and oxygen atoms in total. The number of aromatic amines is 1. The van der Waals surface area contributed by atoms with E-state index in [-0.39, 0.29) is 12.0 Å². The molecule has 1 aliphatic heterocycles. The van der Waals surface area contributed by atoms with Crippen LogP contribution >= 0.6 is 11.8 Å². The molecule has 1 aromatic heterocycles. The minimum atomic E-state index is -0.207. The first-order valence-electron chi connectivity index (χ1n) is 8.52. The summed E-state index contributed by atoms with van der Waals surface area (Å²) in [5.41, 5.74) is 1.72. The molecule has 4 rings (SSSR count). The van der Waals surface area contributed by atoms with Crippen molar-refractivity contribution < 1.29 is 14.3 Å². The van der Waals surface area contributed by atoms with Gasteiger partial charge in [-0.25, -0.2) is 4.98 Å². The van der Waals surface area contributed by atoms with Crippen LogP contribution in [0.1, 0.15) is 15.9 Å². The average Bonchev–Trinajstić information content (AvgIpc) is 3.24. The molecule has 0 aliphatic carbocycles. The zero-order chi connectivity index (χ0) is 18.5. The number of aromatic nitrogens is 3. The minimum Gasteiger partial charge on any atom is -0.486 e. The van der Waals surface area contributed by atoms with Crippen molar-refractivity contribution in [3.05, 3.63) is 66.0 Å². The van der Waals surface area contributed by atoms with Gasteiger partial charge in [0.2, 0.25) is 0 Å². The molecule has 3 aromatic rings. The maximum absolute atomic E-state index is 12.4. The lowest BCUT2D eigenvalue weighted by molar-refractivity contribution is 0.0789. The summed E-state index contributed by atoms with van der Waals surface area (Å²) in [7, 11) is 0. The predicted molar refractivity (Wildman–Crippen MR) is 101 cm³/mol. The monoisotopic (exact) mass is 382 g/mol. The van der Waals surface area contributed by atoms with Crippen LogP contribution in [0.25, 0.3) is 0 Å². The van der Waals surface area contributed by atoms with Crippen LogP contribution in [0, 0.1) is 0 Å². The van der Waals surface area contributed by atoms with E-state index >= 15 is 0 Å². The number of amides is 1. The molecule has 2 heterocycles. The molecule has 1 aliphatic rings. The second kappa shape index (κ2) is 8.13. The second-order valence-electron chi connectivity index (χ2n) is 5.98. The van der Waals surface area contributed by atoms with Gasteiger partial charge < -0.3 is 14.8 Å². The van der Waals surface area contributed by atoms with Gasteiger partial charge in [-0.15, -0.1) is 0 Å². The van der Waals surface area contributed by atoms with Crippen molar-refractivity contribution in [2.75, 3.05) is 13.2 Å². The highest BCUT2D eigenvalue weighted by atomic mass is 32.2. The predicted octanol–water partition coefficient (Wildman–Crippen LogP) is 2.67. The lowest BCUT2D eigenvalue weighted by Crippen LogP contribution is -2.40. The summed E-state index contributed by atoms with van der Waals surface area (Å²) in [6, 6.07) is 15.0. The van der Waals surface area contributed by atoms with Gasteiger partial charge in [-0.2, -0.15) is 5.10 Å². The van der Waals surface area contributed by atoms with Gasteiger partial charge in [0.05, 0.1) is 6.54 Å². The zero-order valence-corrected chi connectivity index (χ0v) is 15.2. The van der Waals surface area contributed by atoms with Crippen molar-refractivity contribution >= 4 is 17.7 Å². The number of para-hydroxylation sites is 2. The Hall–Kier alpha value is -3.00. The molecule has 0 fully saturated rings. The fourth-order valence-corrected chi connectivity index (χ4v) is 3.37. The van der Waals surface area contributed by atoms with Gasteiger partial charge in [-0.05, 0) is 29.8 Å². The number of nitrogens with zero attached hydrogens (tertiary/aromatic N) is 2. The highest BCUT2D eigenvalue weighted by molar-refractivity contribution is 7.98. The average molecular weight is 382 g/mol. The van der Waals surface area contributed by atoms with Crippen LogP contribution in [0.5, 0.6) is 11.5 Å². The van der Waals surface area contributed by atoms with Crippen molar-refractivity contribution in [2.24, 2.45) is 0 Å². The van der Waals surface area contributed by atoms with Crippen LogP contribution in [0.2, 0.25) is 0 Å². The first-order valence-corrected chi connectivity index (χ1v) is 9.50.